The standard InChI is InChI=1S/C20H20ClF2N3O3/c1-28-18-7-5-13(21)10-17(18)25-20(24-11-14-3-2-8-29-14)26-19(27)12-4-6-15(22)16(23)9-12/h4-7,9-10,14H,2-3,8,11H2,1H3,(H2,24,25,26,27)/t14-/m0/s1. The van der Waals surface area contributed by atoms with Gasteiger partial charge in [-0.15, -0.1) is 0 Å². The van der Waals surface area contributed by atoms with Gasteiger partial charge >= 0.3 is 0 Å². The van der Waals surface area contributed by atoms with E-state index in [1.54, 1.807) is 18.2 Å². The van der Waals surface area contributed by atoms with Crippen LogP contribution in [0.3, 0.4) is 0 Å². The lowest BCUT2D eigenvalue weighted by atomic mass is 10.2. The molecule has 1 atom stereocenters. The Morgan fingerprint density at radius 3 is 2.79 bits per heavy atom. The van der Waals surface area contributed by atoms with E-state index in [0.717, 1.165) is 25.0 Å². The number of ether oxygens (including phenoxy) is 2. The van der Waals surface area contributed by atoms with Crippen LogP contribution in [0, 0.1) is 11.6 Å². The Hall–Kier alpha value is -2.71. The number of nitrogens with zero attached hydrogens (tertiary/aromatic N) is 1. The van der Waals surface area contributed by atoms with Crippen LogP contribution in [0.25, 0.3) is 0 Å². The number of nitrogens with one attached hydrogen (secondary N) is 2. The van der Waals surface area contributed by atoms with Crippen LogP contribution in [-0.2, 0) is 4.74 Å². The van der Waals surface area contributed by atoms with E-state index in [1.165, 1.54) is 13.2 Å². The van der Waals surface area contributed by atoms with Crippen LogP contribution in [0.4, 0.5) is 14.5 Å². The molecule has 3 rings (SSSR count). The number of hydrogen-bond acceptors (Lipinski definition) is 4. The number of amides is 1. The second-order valence-electron chi connectivity index (χ2n) is 6.38. The molecule has 0 unspecified atom stereocenters. The van der Waals surface area contributed by atoms with Gasteiger partial charge in [0, 0.05) is 17.2 Å². The number of carbonyl (C=O) groups is 1. The minimum atomic E-state index is -1.11. The number of anilines is 1. The van der Waals surface area contributed by atoms with E-state index in [-0.39, 0.29) is 17.6 Å². The minimum absolute atomic E-state index is 0.0476. The van der Waals surface area contributed by atoms with Crippen molar-refractivity contribution in [2.45, 2.75) is 18.9 Å². The van der Waals surface area contributed by atoms with Crippen molar-refractivity contribution in [3.63, 3.8) is 0 Å². The van der Waals surface area contributed by atoms with E-state index in [0.29, 0.717) is 29.6 Å². The molecule has 0 bridgehead atoms. The molecule has 2 aromatic carbocycles. The molecule has 29 heavy (non-hydrogen) atoms. The topological polar surface area (TPSA) is 71.9 Å². The lowest BCUT2D eigenvalue weighted by Gasteiger charge is -2.15. The van der Waals surface area contributed by atoms with E-state index in [1.807, 2.05) is 0 Å². The third-order valence-corrected chi connectivity index (χ3v) is 4.54. The second kappa shape index (κ2) is 9.67. The molecule has 0 saturated carbocycles. The molecule has 2 N–H and O–H groups in total. The Morgan fingerprint density at radius 1 is 1.28 bits per heavy atom. The summed E-state index contributed by atoms with van der Waals surface area (Å²) in [6, 6.07) is 7.84. The molecule has 1 aliphatic rings. The fourth-order valence-electron chi connectivity index (χ4n) is 2.81. The van der Waals surface area contributed by atoms with Crippen molar-refractivity contribution in [3.05, 3.63) is 58.6 Å². The first-order valence-corrected chi connectivity index (χ1v) is 9.37. The first-order valence-electron chi connectivity index (χ1n) is 8.99. The summed E-state index contributed by atoms with van der Waals surface area (Å²) in [5, 5.41) is 6.01. The van der Waals surface area contributed by atoms with Crippen molar-refractivity contribution in [1.29, 1.82) is 0 Å². The van der Waals surface area contributed by atoms with Gasteiger partial charge in [-0.25, -0.2) is 13.8 Å². The van der Waals surface area contributed by atoms with Crippen molar-refractivity contribution in [2.75, 3.05) is 25.6 Å². The molecule has 0 aromatic heterocycles. The maximum atomic E-state index is 13.5. The lowest BCUT2D eigenvalue weighted by molar-refractivity contribution is 0.0975. The maximum absolute atomic E-state index is 13.5. The van der Waals surface area contributed by atoms with Crippen LogP contribution < -0.4 is 15.4 Å². The van der Waals surface area contributed by atoms with Gasteiger partial charge in [-0.1, -0.05) is 11.6 Å². The highest BCUT2D eigenvalue weighted by atomic mass is 35.5. The first kappa shape index (κ1) is 21.0. The van der Waals surface area contributed by atoms with E-state index in [2.05, 4.69) is 15.6 Å². The van der Waals surface area contributed by atoms with Gasteiger partial charge in [-0.3, -0.25) is 10.1 Å². The highest BCUT2D eigenvalue weighted by Gasteiger charge is 2.17. The fraction of sp³-hybridized carbons (Fsp3) is 0.300. The van der Waals surface area contributed by atoms with Crippen molar-refractivity contribution < 1.29 is 23.0 Å². The van der Waals surface area contributed by atoms with Gasteiger partial charge in [-0.2, -0.15) is 0 Å². The molecule has 1 saturated heterocycles. The van der Waals surface area contributed by atoms with Gasteiger partial charge in [0.2, 0.25) is 5.96 Å². The predicted molar refractivity (Wildman–Crippen MR) is 107 cm³/mol. The summed E-state index contributed by atoms with van der Waals surface area (Å²) < 4.78 is 37.5. The monoisotopic (exact) mass is 423 g/mol. The van der Waals surface area contributed by atoms with Crippen LogP contribution in [0.5, 0.6) is 5.75 Å². The van der Waals surface area contributed by atoms with Crippen molar-refractivity contribution >= 4 is 29.2 Å². The summed E-state index contributed by atoms with van der Waals surface area (Å²) in [5.74, 6) is -2.20. The molecule has 6 nitrogen and oxygen atoms in total. The molecule has 154 valence electrons. The number of halogens is 3. The minimum Gasteiger partial charge on any atom is -0.495 e. The maximum Gasteiger partial charge on any atom is 0.258 e. The number of aliphatic imine (C=N–C) groups is 1. The fourth-order valence-corrected chi connectivity index (χ4v) is 2.99. The van der Waals surface area contributed by atoms with Crippen LogP contribution in [0.2, 0.25) is 5.02 Å². The molecular formula is C20H20ClF2N3O3. The molecule has 9 heteroatoms. The molecule has 1 aliphatic heterocycles. The van der Waals surface area contributed by atoms with E-state index >= 15 is 0 Å². The summed E-state index contributed by atoms with van der Waals surface area (Å²) in [5.41, 5.74) is 0.435. The van der Waals surface area contributed by atoms with Crippen molar-refractivity contribution in [3.8, 4) is 5.75 Å². The normalized spacial score (nSPS) is 16.6. The zero-order valence-corrected chi connectivity index (χ0v) is 16.4. The van der Waals surface area contributed by atoms with Gasteiger partial charge in [0.15, 0.2) is 11.6 Å². The molecule has 1 heterocycles. The summed E-state index contributed by atoms with van der Waals surface area (Å²) >= 11 is 6.05. The van der Waals surface area contributed by atoms with E-state index in [4.69, 9.17) is 21.1 Å². The lowest BCUT2D eigenvalue weighted by Crippen LogP contribution is -2.37. The molecule has 0 aliphatic carbocycles. The molecule has 0 spiro atoms. The van der Waals surface area contributed by atoms with Crippen LogP contribution >= 0.6 is 11.6 Å². The van der Waals surface area contributed by atoms with Gasteiger partial charge in [0.1, 0.15) is 5.75 Å². The van der Waals surface area contributed by atoms with Gasteiger partial charge in [-0.05, 0) is 49.2 Å². The molecule has 1 fully saturated rings. The molecule has 1 amide bonds. The third kappa shape index (κ3) is 5.65. The summed E-state index contributed by atoms with van der Waals surface area (Å²) in [7, 11) is 1.50. The summed E-state index contributed by atoms with van der Waals surface area (Å²) in [4.78, 5) is 16.9. The van der Waals surface area contributed by atoms with Crippen LogP contribution in [-0.4, -0.2) is 38.2 Å². The summed E-state index contributed by atoms with van der Waals surface area (Å²) in [6.45, 7) is 0.996. The van der Waals surface area contributed by atoms with Crippen LogP contribution in [0.1, 0.15) is 23.2 Å². The average molecular weight is 424 g/mol. The second-order valence-corrected chi connectivity index (χ2v) is 6.81. The largest absolute Gasteiger partial charge is 0.495 e. The number of rotatable bonds is 5. The van der Waals surface area contributed by atoms with Crippen LogP contribution in [0.15, 0.2) is 41.4 Å². The average Bonchev–Trinajstić information content (AvgIpc) is 3.22. The molecular weight excluding hydrogens is 404 g/mol. The molecule has 0 radical (unpaired) electrons. The Balaban J connectivity index is 1.82. The van der Waals surface area contributed by atoms with Gasteiger partial charge in [0.25, 0.3) is 5.91 Å². The number of carbonyl (C=O) groups excluding carboxylic acids is 1. The van der Waals surface area contributed by atoms with Gasteiger partial charge < -0.3 is 14.8 Å². The quantitative estimate of drug-likeness (QED) is 0.563. The Labute approximate surface area is 171 Å². The predicted octanol–water partition coefficient (Wildman–Crippen LogP) is 4.00. The number of methoxy groups -OCH3 is 1. The van der Waals surface area contributed by atoms with E-state index in [9.17, 15) is 13.6 Å². The van der Waals surface area contributed by atoms with Crippen molar-refractivity contribution in [2.24, 2.45) is 4.99 Å². The van der Waals surface area contributed by atoms with E-state index < -0.39 is 17.5 Å². The summed E-state index contributed by atoms with van der Waals surface area (Å²) in [6.07, 6.45) is 1.77. The third-order valence-electron chi connectivity index (χ3n) is 4.31. The number of guanidine groups is 1. The Kier molecular flexibility index (Phi) is 7.00. The zero-order valence-electron chi connectivity index (χ0n) is 15.7. The first-order chi connectivity index (χ1) is 14.0. The zero-order chi connectivity index (χ0) is 20.8. The Morgan fingerprint density at radius 2 is 2.10 bits per heavy atom. The SMILES string of the molecule is COc1ccc(Cl)cc1NC(=NC[C@@H]1CCCO1)NC(=O)c1ccc(F)c(F)c1. The van der Waals surface area contributed by atoms with Gasteiger partial charge in [0.05, 0.1) is 25.4 Å². The Bertz CT molecular complexity index is 918. The highest BCUT2D eigenvalue weighted by Crippen LogP contribution is 2.27. The van der Waals surface area contributed by atoms with Crippen molar-refractivity contribution in [1.82, 2.24) is 5.32 Å². The smallest absolute Gasteiger partial charge is 0.258 e. The number of benzene rings is 2. The molecule has 2 aromatic rings. The highest BCUT2D eigenvalue weighted by molar-refractivity contribution is 6.31. The number of hydrogen-bond donors (Lipinski definition) is 2.